The lowest BCUT2D eigenvalue weighted by molar-refractivity contribution is 0.0951. The van der Waals surface area contributed by atoms with Gasteiger partial charge in [-0.25, -0.2) is 4.39 Å². The van der Waals surface area contributed by atoms with Crippen LogP contribution in [0, 0.1) is 5.82 Å². The lowest BCUT2D eigenvalue weighted by Crippen LogP contribution is -2.22. The molecule has 0 radical (unpaired) electrons. The molecule has 1 aromatic heterocycles. The molecule has 0 saturated carbocycles. The van der Waals surface area contributed by atoms with Crippen LogP contribution in [0.1, 0.15) is 21.5 Å². The number of fused-ring (bicyclic) bond motifs is 1. The summed E-state index contributed by atoms with van der Waals surface area (Å²) in [5, 5.41) is 8.87. The van der Waals surface area contributed by atoms with Gasteiger partial charge in [0.15, 0.2) is 0 Å². The zero-order valence-corrected chi connectivity index (χ0v) is 15.7. The van der Waals surface area contributed by atoms with E-state index in [-0.39, 0.29) is 18.3 Å². The molecule has 1 N–H and O–H groups in total. The van der Waals surface area contributed by atoms with E-state index in [0.29, 0.717) is 22.7 Å². The van der Waals surface area contributed by atoms with E-state index in [0.717, 1.165) is 16.5 Å². The summed E-state index contributed by atoms with van der Waals surface area (Å²) in [7, 11) is 0. The molecule has 0 bridgehead atoms. The van der Waals surface area contributed by atoms with Crippen LogP contribution >= 0.6 is 11.6 Å². The molecule has 0 aliphatic heterocycles. The zero-order chi connectivity index (χ0) is 19.5. The van der Waals surface area contributed by atoms with Gasteiger partial charge >= 0.3 is 0 Å². The molecule has 6 heteroatoms. The second kappa shape index (κ2) is 7.82. The number of hydrogen-bond acceptors (Lipinski definition) is 2. The summed E-state index contributed by atoms with van der Waals surface area (Å²) in [6.45, 7) is 0.814. The minimum absolute atomic E-state index is 0.221. The second-order valence-corrected chi connectivity index (χ2v) is 6.95. The third-order valence-corrected chi connectivity index (χ3v) is 4.71. The van der Waals surface area contributed by atoms with Crippen LogP contribution in [-0.2, 0) is 13.1 Å². The van der Waals surface area contributed by atoms with Crippen molar-refractivity contribution in [2.45, 2.75) is 13.1 Å². The summed E-state index contributed by atoms with van der Waals surface area (Å²) >= 11 is 6.06. The summed E-state index contributed by atoms with van der Waals surface area (Å²) in [5.74, 6) is -0.542. The molecule has 4 rings (SSSR count). The van der Waals surface area contributed by atoms with Gasteiger partial charge in [0.05, 0.1) is 18.3 Å². The van der Waals surface area contributed by atoms with Gasteiger partial charge in [-0.1, -0.05) is 41.9 Å². The van der Waals surface area contributed by atoms with E-state index in [1.54, 1.807) is 24.4 Å². The smallest absolute Gasteiger partial charge is 0.251 e. The summed E-state index contributed by atoms with van der Waals surface area (Å²) in [5.41, 5.74) is 3.12. The zero-order valence-electron chi connectivity index (χ0n) is 14.9. The second-order valence-electron chi connectivity index (χ2n) is 6.52. The van der Waals surface area contributed by atoms with Crippen LogP contribution in [0.3, 0.4) is 0 Å². The van der Waals surface area contributed by atoms with Crippen LogP contribution in [0.15, 0.2) is 72.9 Å². The maximum absolute atomic E-state index is 13.3. The van der Waals surface area contributed by atoms with Crippen molar-refractivity contribution in [3.8, 4) is 0 Å². The lowest BCUT2D eigenvalue weighted by atomic mass is 10.1. The Balaban J connectivity index is 1.54. The van der Waals surface area contributed by atoms with Crippen molar-refractivity contribution in [2.75, 3.05) is 0 Å². The first-order valence-corrected chi connectivity index (χ1v) is 9.19. The first-order chi connectivity index (χ1) is 13.6. The highest BCUT2D eigenvalue weighted by Crippen LogP contribution is 2.19. The van der Waals surface area contributed by atoms with E-state index in [1.165, 1.54) is 12.1 Å². The summed E-state index contributed by atoms with van der Waals surface area (Å²) < 4.78 is 15.1. The van der Waals surface area contributed by atoms with Gasteiger partial charge in [0.2, 0.25) is 0 Å². The van der Waals surface area contributed by atoms with Crippen molar-refractivity contribution in [1.82, 2.24) is 15.1 Å². The Kier molecular flexibility index (Phi) is 5.08. The lowest BCUT2D eigenvalue weighted by Gasteiger charge is -2.08. The number of aromatic nitrogens is 2. The van der Waals surface area contributed by atoms with Gasteiger partial charge in [0.1, 0.15) is 5.82 Å². The van der Waals surface area contributed by atoms with Crippen LogP contribution in [0.4, 0.5) is 4.39 Å². The Morgan fingerprint density at radius 2 is 1.86 bits per heavy atom. The van der Waals surface area contributed by atoms with Crippen molar-refractivity contribution in [3.63, 3.8) is 0 Å². The monoisotopic (exact) mass is 393 g/mol. The Hall–Kier alpha value is -3.18. The van der Waals surface area contributed by atoms with E-state index < -0.39 is 0 Å². The van der Waals surface area contributed by atoms with Gasteiger partial charge in [0, 0.05) is 22.5 Å². The number of halogens is 2. The van der Waals surface area contributed by atoms with Crippen LogP contribution in [0.25, 0.3) is 10.9 Å². The minimum atomic E-state index is -0.321. The first-order valence-electron chi connectivity index (χ1n) is 8.81. The van der Waals surface area contributed by atoms with Gasteiger partial charge in [-0.3, -0.25) is 9.48 Å². The average Bonchev–Trinajstić information content (AvgIpc) is 3.08. The molecule has 0 fully saturated rings. The maximum atomic E-state index is 13.3. The third kappa shape index (κ3) is 4.05. The molecule has 0 unspecified atom stereocenters. The van der Waals surface area contributed by atoms with Crippen LogP contribution < -0.4 is 5.32 Å². The van der Waals surface area contributed by atoms with Crippen LogP contribution in [0.2, 0.25) is 5.02 Å². The number of rotatable bonds is 5. The van der Waals surface area contributed by atoms with E-state index in [4.69, 9.17) is 11.6 Å². The molecule has 4 nitrogen and oxygen atoms in total. The number of hydrogen-bond donors (Lipinski definition) is 1. The van der Waals surface area contributed by atoms with Gasteiger partial charge in [-0.05, 0) is 47.5 Å². The molecule has 1 heterocycles. The molecule has 28 heavy (non-hydrogen) atoms. The number of carbonyl (C=O) groups is 1. The van der Waals surface area contributed by atoms with Gasteiger partial charge in [0.25, 0.3) is 5.91 Å². The van der Waals surface area contributed by atoms with E-state index in [2.05, 4.69) is 10.4 Å². The molecule has 0 saturated heterocycles. The highest BCUT2D eigenvalue weighted by atomic mass is 35.5. The van der Waals surface area contributed by atoms with Crippen LogP contribution in [0.5, 0.6) is 0 Å². The molecule has 3 aromatic carbocycles. The van der Waals surface area contributed by atoms with Crippen molar-refractivity contribution in [3.05, 3.63) is 100 Å². The summed E-state index contributed by atoms with van der Waals surface area (Å²) in [4.78, 5) is 12.5. The van der Waals surface area contributed by atoms with E-state index in [9.17, 15) is 9.18 Å². The molecule has 0 atom stereocenters. The minimum Gasteiger partial charge on any atom is -0.348 e. The Morgan fingerprint density at radius 3 is 2.68 bits per heavy atom. The van der Waals surface area contributed by atoms with Crippen molar-refractivity contribution in [2.24, 2.45) is 0 Å². The topological polar surface area (TPSA) is 46.9 Å². The predicted octanol–water partition coefficient (Wildman–Crippen LogP) is 4.81. The maximum Gasteiger partial charge on any atom is 0.251 e. The fourth-order valence-corrected chi connectivity index (χ4v) is 3.29. The highest BCUT2D eigenvalue weighted by molar-refractivity contribution is 6.30. The number of carbonyl (C=O) groups excluding carboxylic acids is 1. The highest BCUT2D eigenvalue weighted by Gasteiger charge is 2.10. The average molecular weight is 394 g/mol. The molecule has 4 aromatic rings. The molecule has 0 aliphatic rings. The fourth-order valence-electron chi connectivity index (χ4n) is 3.08. The van der Waals surface area contributed by atoms with Gasteiger partial charge in [-0.15, -0.1) is 0 Å². The van der Waals surface area contributed by atoms with Gasteiger partial charge in [-0.2, -0.15) is 5.10 Å². The molecular weight excluding hydrogens is 377 g/mol. The SMILES string of the molecule is O=C(NCc1cccc(F)c1)c1ccc2cnn(Cc3cccc(Cl)c3)c2c1. The fraction of sp³-hybridized carbons (Fsp3) is 0.0909. The Morgan fingerprint density at radius 1 is 1.04 bits per heavy atom. The number of amides is 1. The third-order valence-electron chi connectivity index (χ3n) is 4.47. The Labute approximate surface area is 166 Å². The van der Waals surface area contributed by atoms with Gasteiger partial charge < -0.3 is 5.32 Å². The number of benzene rings is 3. The summed E-state index contributed by atoms with van der Waals surface area (Å²) in [6.07, 6.45) is 1.77. The largest absolute Gasteiger partial charge is 0.348 e. The predicted molar refractivity (Wildman–Crippen MR) is 108 cm³/mol. The molecule has 0 spiro atoms. The quantitative estimate of drug-likeness (QED) is 0.529. The molecular formula is C22H17ClFN3O. The van der Waals surface area contributed by atoms with Crippen molar-refractivity contribution in [1.29, 1.82) is 0 Å². The molecule has 140 valence electrons. The number of nitrogens with one attached hydrogen (secondary N) is 1. The van der Waals surface area contributed by atoms with Crippen molar-refractivity contribution < 1.29 is 9.18 Å². The Bertz CT molecular complexity index is 1160. The van der Waals surface area contributed by atoms with E-state index >= 15 is 0 Å². The van der Waals surface area contributed by atoms with E-state index in [1.807, 2.05) is 41.1 Å². The van der Waals surface area contributed by atoms with Crippen molar-refractivity contribution >= 4 is 28.4 Å². The standard InChI is InChI=1S/C22H17ClFN3O/c23-19-5-1-4-16(9-19)14-27-21-11-17(7-8-18(21)13-26-27)22(28)25-12-15-3-2-6-20(24)10-15/h1-11,13H,12,14H2,(H,25,28). The molecule has 1 amide bonds. The van der Waals surface area contributed by atoms with Crippen LogP contribution in [-0.4, -0.2) is 15.7 Å². The number of nitrogens with zero attached hydrogens (tertiary/aromatic N) is 2. The summed E-state index contributed by atoms with van der Waals surface area (Å²) in [6, 6.07) is 19.2. The first kappa shape index (κ1) is 18.2. The molecule has 0 aliphatic carbocycles. The normalized spacial score (nSPS) is 10.9.